The van der Waals surface area contributed by atoms with Crippen molar-refractivity contribution in [3.05, 3.63) is 0 Å². The zero-order chi connectivity index (χ0) is 53.6. The van der Waals surface area contributed by atoms with Gasteiger partial charge in [0.15, 0.2) is 6.29 Å². The van der Waals surface area contributed by atoms with Gasteiger partial charge in [-0.05, 0) is 107 Å². The minimum absolute atomic E-state index is 0.00345. The highest BCUT2D eigenvalue weighted by Gasteiger charge is 2.45. The minimum atomic E-state index is -1.42. The summed E-state index contributed by atoms with van der Waals surface area (Å²) in [7, 11) is 0. The topological polar surface area (TPSA) is 263 Å². The first kappa shape index (κ1) is 64.7. The maximum Gasteiger partial charge on any atom is 0.220 e. The van der Waals surface area contributed by atoms with Crippen molar-refractivity contribution in [2.24, 2.45) is 35.5 Å². The summed E-state index contributed by atoms with van der Waals surface area (Å²) in [6, 6.07) is -1.05. The Bertz CT molecular complexity index is 1570. The zero-order valence-electron chi connectivity index (χ0n) is 45.8. The summed E-state index contributed by atoms with van der Waals surface area (Å²) >= 11 is 0. The van der Waals surface area contributed by atoms with Crippen LogP contribution in [0.4, 0.5) is 0 Å². The Morgan fingerprint density at radius 2 is 1.18 bits per heavy atom. The number of carbonyl (C=O) groups excluding carboxylic acids is 6. The zero-order valence-corrected chi connectivity index (χ0v) is 45.8. The third-order valence-corrected chi connectivity index (χ3v) is 15.0. The number of aliphatic hydroxyl groups is 3. The first-order valence-electron chi connectivity index (χ1n) is 27.8. The van der Waals surface area contributed by atoms with Crippen LogP contribution in [0.15, 0.2) is 0 Å². The van der Waals surface area contributed by atoms with E-state index in [1.807, 2.05) is 27.7 Å². The SMILES string of the molecule is CCNC(=O)CCC(CCC(=O)NCC)(CCC(=O)NCC(CC)CC(CC)COC1OC(CO)C(O)C(O)C1NC(C)=O)NC(=O)CCCC(=O)NCC(C)CC(CC)COC1CCCC(C(C)C)CC1. The van der Waals surface area contributed by atoms with Gasteiger partial charge in [-0.2, -0.15) is 0 Å². The Hall–Kier alpha value is -3.42. The number of carbonyl (C=O) groups is 6. The van der Waals surface area contributed by atoms with E-state index >= 15 is 0 Å². The fourth-order valence-electron chi connectivity index (χ4n) is 10.2. The average molecular weight is 1030 g/mol. The number of nitrogens with one attached hydrogen (secondary N) is 6. The Morgan fingerprint density at radius 3 is 1.74 bits per heavy atom. The molecule has 2 aliphatic rings. The quantitative estimate of drug-likeness (QED) is 0.0379. The van der Waals surface area contributed by atoms with Gasteiger partial charge < -0.3 is 61.4 Å². The van der Waals surface area contributed by atoms with E-state index < -0.39 is 48.7 Å². The maximum atomic E-state index is 13.7. The van der Waals surface area contributed by atoms with Gasteiger partial charge in [0.2, 0.25) is 35.4 Å². The molecule has 9 N–H and O–H groups in total. The fourth-order valence-corrected chi connectivity index (χ4v) is 10.2. The summed E-state index contributed by atoms with van der Waals surface area (Å²) in [5.74, 6) is 0.716. The smallest absolute Gasteiger partial charge is 0.220 e. The molecule has 2 fully saturated rings. The molecular formula is C54H100N6O12. The predicted molar refractivity (Wildman–Crippen MR) is 278 cm³/mol. The third kappa shape index (κ3) is 25.2. The predicted octanol–water partition coefficient (Wildman–Crippen LogP) is 4.93. The largest absolute Gasteiger partial charge is 0.394 e. The van der Waals surface area contributed by atoms with Crippen LogP contribution in [-0.2, 0) is 43.0 Å². The molecule has 0 spiro atoms. The lowest BCUT2D eigenvalue weighted by Gasteiger charge is -2.42. The Labute approximate surface area is 432 Å². The Balaban J connectivity index is 2.01. The summed E-state index contributed by atoms with van der Waals surface area (Å²) in [5, 5.41) is 48.2. The lowest BCUT2D eigenvalue weighted by Crippen LogP contribution is -2.64. The van der Waals surface area contributed by atoms with Crippen molar-refractivity contribution >= 4 is 35.4 Å². The van der Waals surface area contributed by atoms with Crippen LogP contribution in [0.5, 0.6) is 0 Å². The molecule has 72 heavy (non-hydrogen) atoms. The van der Waals surface area contributed by atoms with Gasteiger partial charge in [0, 0.05) is 77.4 Å². The van der Waals surface area contributed by atoms with Gasteiger partial charge >= 0.3 is 0 Å². The molecule has 0 aromatic heterocycles. The van der Waals surface area contributed by atoms with Crippen molar-refractivity contribution in [1.82, 2.24) is 31.9 Å². The fraction of sp³-hybridized carbons (Fsp3) is 0.889. The number of aliphatic hydroxyl groups excluding tert-OH is 3. The summed E-state index contributed by atoms with van der Waals surface area (Å²) in [5.41, 5.74) is -1.06. The molecule has 0 radical (unpaired) electrons. The summed E-state index contributed by atoms with van der Waals surface area (Å²) in [6.45, 7) is 20.1. The van der Waals surface area contributed by atoms with Crippen LogP contribution in [0.3, 0.4) is 0 Å². The van der Waals surface area contributed by atoms with Crippen molar-refractivity contribution < 1.29 is 58.3 Å². The molecule has 2 rings (SSSR count). The van der Waals surface area contributed by atoms with E-state index in [0.717, 1.165) is 57.0 Å². The normalized spacial score (nSPS) is 23.2. The van der Waals surface area contributed by atoms with Crippen molar-refractivity contribution in [2.45, 2.75) is 227 Å². The van der Waals surface area contributed by atoms with Crippen LogP contribution in [0.1, 0.15) is 184 Å². The molecule has 18 nitrogen and oxygen atoms in total. The number of amides is 6. The second kappa shape index (κ2) is 35.7. The van der Waals surface area contributed by atoms with Crippen LogP contribution < -0.4 is 31.9 Å². The first-order chi connectivity index (χ1) is 34.3. The average Bonchev–Trinajstić information content (AvgIpc) is 3.60. The number of hydrogen-bond donors (Lipinski definition) is 9. The van der Waals surface area contributed by atoms with E-state index in [-0.39, 0.29) is 105 Å². The second-order valence-corrected chi connectivity index (χ2v) is 21.3. The number of ether oxygens (including phenoxy) is 3. The molecule has 418 valence electrons. The second-order valence-electron chi connectivity index (χ2n) is 21.3. The van der Waals surface area contributed by atoms with E-state index in [1.54, 1.807) is 0 Å². The van der Waals surface area contributed by atoms with Gasteiger partial charge in [0.25, 0.3) is 0 Å². The van der Waals surface area contributed by atoms with Crippen LogP contribution in [-0.4, -0.2) is 139 Å². The highest BCUT2D eigenvalue weighted by Crippen LogP contribution is 2.31. The van der Waals surface area contributed by atoms with Crippen molar-refractivity contribution in [3.63, 3.8) is 0 Å². The van der Waals surface area contributed by atoms with Crippen LogP contribution in [0.2, 0.25) is 0 Å². The van der Waals surface area contributed by atoms with Crippen molar-refractivity contribution in [2.75, 3.05) is 46.0 Å². The summed E-state index contributed by atoms with van der Waals surface area (Å²) < 4.78 is 18.3. The van der Waals surface area contributed by atoms with Crippen molar-refractivity contribution in [1.29, 1.82) is 0 Å². The molecule has 6 amide bonds. The molecule has 18 heteroatoms. The van der Waals surface area contributed by atoms with E-state index in [9.17, 15) is 44.1 Å². The van der Waals surface area contributed by atoms with Gasteiger partial charge in [-0.3, -0.25) is 28.8 Å². The summed E-state index contributed by atoms with van der Waals surface area (Å²) in [4.78, 5) is 77.8. The molecule has 11 atom stereocenters. The number of hydrogen-bond acceptors (Lipinski definition) is 12. The number of rotatable bonds is 36. The van der Waals surface area contributed by atoms with E-state index in [0.29, 0.717) is 51.0 Å². The Kier molecular flexibility index (Phi) is 32.1. The van der Waals surface area contributed by atoms with Gasteiger partial charge in [-0.25, -0.2) is 0 Å². The standard InChI is InChI=1S/C54H100N6O12/c1-10-39(30-41(12-3)35-71-53-50(59-38(9)62)52(69)51(68)44(33-61)72-53)32-58-48(66)25-28-54(26-23-46(64)55-13-4,27-24-47(65)56-14-5)60-49(67)20-16-19-45(63)57-31-37(8)29-40(11-2)34-70-43-18-15-17-42(21-22-43)36(6)7/h36-37,39-44,50-53,61,68-69H,10-35H2,1-9H3,(H,55,64)(H,56,65)(H,57,63)(H,58,66)(H,59,62)(H,60,67). The van der Waals surface area contributed by atoms with Gasteiger partial charge in [0.05, 0.1) is 19.3 Å². The van der Waals surface area contributed by atoms with Crippen LogP contribution >= 0.6 is 0 Å². The minimum Gasteiger partial charge on any atom is -0.394 e. The molecule has 0 aromatic carbocycles. The van der Waals surface area contributed by atoms with Crippen molar-refractivity contribution in [3.8, 4) is 0 Å². The maximum absolute atomic E-state index is 13.7. The molecular weight excluding hydrogens is 925 g/mol. The van der Waals surface area contributed by atoms with Crippen LogP contribution in [0, 0.1) is 35.5 Å². The van der Waals surface area contributed by atoms with Gasteiger partial charge in [-0.15, -0.1) is 0 Å². The summed E-state index contributed by atoms with van der Waals surface area (Å²) in [6.07, 6.45) is 6.71. The molecule has 1 heterocycles. The molecule has 1 saturated heterocycles. The molecule has 11 unspecified atom stereocenters. The highest BCUT2D eigenvalue weighted by molar-refractivity contribution is 5.81. The van der Waals surface area contributed by atoms with E-state index in [4.69, 9.17) is 14.2 Å². The van der Waals surface area contributed by atoms with Gasteiger partial charge in [0.1, 0.15) is 24.4 Å². The molecule has 1 aliphatic heterocycles. The highest BCUT2D eigenvalue weighted by atomic mass is 16.7. The van der Waals surface area contributed by atoms with E-state index in [1.165, 1.54) is 26.2 Å². The lowest BCUT2D eigenvalue weighted by molar-refractivity contribution is -0.273. The van der Waals surface area contributed by atoms with Gasteiger partial charge in [-0.1, -0.05) is 73.6 Å². The molecule has 1 saturated carbocycles. The Morgan fingerprint density at radius 1 is 0.639 bits per heavy atom. The first-order valence-corrected chi connectivity index (χ1v) is 27.8. The van der Waals surface area contributed by atoms with Crippen LogP contribution in [0.25, 0.3) is 0 Å². The molecule has 0 bridgehead atoms. The monoisotopic (exact) mass is 1020 g/mol. The lowest BCUT2D eigenvalue weighted by atomic mass is 9.82. The van der Waals surface area contributed by atoms with E-state index in [2.05, 4.69) is 59.6 Å². The molecule has 0 aromatic rings. The molecule has 1 aliphatic carbocycles. The third-order valence-electron chi connectivity index (χ3n) is 15.0.